The Labute approximate surface area is 111 Å². The van der Waals surface area contributed by atoms with Gasteiger partial charge < -0.3 is 4.89 Å². The summed E-state index contributed by atoms with van der Waals surface area (Å²) >= 11 is 3.55. The Kier molecular flexibility index (Phi) is 15.1. The van der Waals surface area contributed by atoms with Crippen LogP contribution in [0.15, 0.2) is 0 Å². The Morgan fingerprint density at radius 1 is 0.750 bits per heavy atom. The van der Waals surface area contributed by atoms with Gasteiger partial charge in [0.25, 0.3) is 0 Å². The third-order valence-corrected chi connectivity index (χ3v) is 8.10. The van der Waals surface area contributed by atoms with Crippen LogP contribution >= 0.6 is 29.3 Å². The first kappa shape index (κ1) is 17.1. The van der Waals surface area contributed by atoms with Gasteiger partial charge in [0.05, 0.1) is 0 Å². The van der Waals surface area contributed by atoms with Crippen molar-refractivity contribution in [2.75, 3.05) is 11.5 Å². The molecule has 98 valence electrons. The predicted molar refractivity (Wildman–Crippen MR) is 82.3 cm³/mol. The summed E-state index contributed by atoms with van der Waals surface area (Å²) in [5.74, 6) is 2.29. The second kappa shape index (κ2) is 14.2. The van der Waals surface area contributed by atoms with Gasteiger partial charge in [0, 0.05) is 11.5 Å². The number of hydrogen-bond acceptors (Lipinski definition) is 3. The van der Waals surface area contributed by atoms with Crippen molar-refractivity contribution < 1.29 is 4.89 Å². The summed E-state index contributed by atoms with van der Waals surface area (Å²) in [7, 11) is 0. The lowest BCUT2D eigenvalue weighted by Crippen LogP contribution is -1.81. The van der Waals surface area contributed by atoms with Gasteiger partial charge in [0.1, 0.15) is 6.55 Å². The zero-order valence-corrected chi connectivity index (χ0v) is 13.3. The monoisotopic (exact) mass is 282 g/mol. The largest absolute Gasteiger partial charge is 0.355 e. The van der Waals surface area contributed by atoms with E-state index in [-0.39, 0.29) is 0 Å². The second-order valence-corrected chi connectivity index (χ2v) is 10.2. The van der Waals surface area contributed by atoms with Crippen LogP contribution in [0.5, 0.6) is 0 Å². The van der Waals surface area contributed by atoms with Crippen molar-refractivity contribution in [3.63, 3.8) is 0 Å². The lowest BCUT2D eigenvalue weighted by Gasteiger charge is -2.08. The van der Waals surface area contributed by atoms with E-state index in [1.807, 2.05) is 0 Å². The molecule has 0 aromatic rings. The first-order valence-corrected chi connectivity index (χ1v) is 11.0. The van der Waals surface area contributed by atoms with Crippen LogP contribution in [0.1, 0.15) is 65.2 Å². The van der Waals surface area contributed by atoms with E-state index < -0.39 is 6.55 Å². The van der Waals surface area contributed by atoms with E-state index in [4.69, 9.17) is 0 Å². The Morgan fingerprint density at radius 3 is 1.56 bits per heavy atom. The van der Waals surface area contributed by atoms with E-state index in [0.717, 1.165) is 11.5 Å². The van der Waals surface area contributed by atoms with Gasteiger partial charge in [-0.25, -0.2) is 0 Å². The third-order valence-electron chi connectivity index (χ3n) is 2.40. The Morgan fingerprint density at radius 2 is 1.19 bits per heavy atom. The number of rotatable bonds is 12. The molecule has 0 aliphatic rings. The molecule has 0 aliphatic carbocycles. The summed E-state index contributed by atoms with van der Waals surface area (Å²) < 4.78 is 0. The van der Waals surface area contributed by atoms with Gasteiger partial charge in [0.2, 0.25) is 0 Å². The van der Waals surface area contributed by atoms with Crippen LogP contribution in [0.4, 0.5) is 0 Å². The third kappa shape index (κ3) is 13.2. The predicted octanol–water partition coefficient (Wildman–Crippen LogP) is 5.83. The lowest BCUT2D eigenvalue weighted by molar-refractivity contribution is 0.655. The molecule has 4 heteroatoms. The van der Waals surface area contributed by atoms with Crippen molar-refractivity contribution in [3.8, 4) is 0 Å². The second-order valence-electron chi connectivity index (χ2n) is 4.03. The standard InChI is InChI=1S/C12H27OPS2/c1-3-5-7-9-11-15-14(13)16-12-10-8-6-4-2/h13H,3-12H2,1-2H3. The number of unbranched alkanes of at least 4 members (excludes halogenated alkanes) is 6. The van der Waals surface area contributed by atoms with Crippen molar-refractivity contribution in [1.82, 2.24) is 0 Å². The van der Waals surface area contributed by atoms with Crippen molar-refractivity contribution in [2.45, 2.75) is 65.2 Å². The Bertz CT molecular complexity index is 122. The van der Waals surface area contributed by atoms with Gasteiger partial charge in [0.15, 0.2) is 0 Å². The minimum atomic E-state index is -0.789. The van der Waals surface area contributed by atoms with Crippen LogP contribution in [0.3, 0.4) is 0 Å². The zero-order valence-electron chi connectivity index (χ0n) is 10.8. The minimum absolute atomic E-state index is 0.789. The topological polar surface area (TPSA) is 20.2 Å². The molecule has 0 heterocycles. The molecule has 0 spiro atoms. The number of hydrogen-bond donors (Lipinski definition) is 1. The smallest absolute Gasteiger partial charge is 0.149 e. The maximum atomic E-state index is 9.75. The lowest BCUT2D eigenvalue weighted by atomic mass is 10.2. The van der Waals surface area contributed by atoms with Gasteiger partial charge >= 0.3 is 0 Å². The molecule has 0 unspecified atom stereocenters. The Hall–Kier alpha value is 1.09. The maximum Gasteiger partial charge on any atom is 0.149 e. The fourth-order valence-corrected chi connectivity index (χ4v) is 6.38. The zero-order chi connectivity index (χ0) is 12.1. The SMILES string of the molecule is CCCCCCSP(O)SCCCCCC. The Balaban J connectivity index is 3.09. The average molecular weight is 282 g/mol. The molecule has 0 saturated carbocycles. The minimum Gasteiger partial charge on any atom is -0.355 e. The van der Waals surface area contributed by atoms with Crippen LogP contribution < -0.4 is 0 Å². The quantitative estimate of drug-likeness (QED) is 0.359. The highest BCUT2D eigenvalue weighted by Crippen LogP contribution is 2.57. The van der Waals surface area contributed by atoms with Crippen molar-refractivity contribution in [3.05, 3.63) is 0 Å². The average Bonchev–Trinajstić information content (AvgIpc) is 2.28. The summed E-state index contributed by atoms with van der Waals surface area (Å²) in [6.45, 7) is 3.68. The van der Waals surface area contributed by atoms with E-state index in [1.165, 1.54) is 51.4 Å². The molecule has 0 radical (unpaired) electrons. The van der Waals surface area contributed by atoms with Crippen LogP contribution in [-0.4, -0.2) is 16.4 Å². The van der Waals surface area contributed by atoms with E-state index in [9.17, 15) is 4.89 Å². The van der Waals surface area contributed by atoms with Gasteiger partial charge in [-0.1, -0.05) is 75.1 Å². The molecular formula is C12H27OPS2. The molecule has 0 bridgehead atoms. The van der Waals surface area contributed by atoms with Gasteiger partial charge in [-0.05, 0) is 12.8 Å². The van der Waals surface area contributed by atoms with Crippen LogP contribution in [-0.2, 0) is 0 Å². The molecule has 0 aliphatic heterocycles. The normalized spacial score (nSPS) is 11.2. The summed E-state index contributed by atoms with van der Waals surface area (Å²) in [4.78, 5) is 9.75. The highest BCUT2D eigenvalue weighted by atomic mass is 33.1. The van der Waals surface area contributed by atoms with Crippen molar-refractivity contribution in [1.29, 1.82) is 0 Å². The molecule has 0 aromatic heterocycles. The summed E-state index contributed by atoms with van der Waals surface area (Å²) in [5, 5.41) is 0. The molecule has 1 N–H and O–H groups in total. The van der Waals surface area contributed by atoms with Crippen molar-refractivity contribution in [2.24, 2.45) is 0 Å². The van der Waals surface area contributed by atoms with Gasteiger partial charge in [-0.2, -0.15) is 0 Å². The first-order valence-electron chi connectivity index (χ1n) is 6.56. The van der Waals surface area contributed by atoms with Gasteiger partial charge in [-0.3, -0.25) is 0 Å². The van der Waals surface area contributed by atoms with Crippen LogP contribution in [0.25, 0.3) is 0 Å². The van der Waals surface area contributed by atoms with Gasteiger partial charge in [-0.15, -0.1) is 0 Å². The fraction of sp³-hybridized carbons (Fsp3) is 1.00. The van der Waals surface area contributed by atoms with E-state index in [1.54, 1.807) is 22.8 Å². The molecule has 0 saturated heterocycles. The molecule has 1 nitrogen and oxygen atoms in total. The summed E-state index contributed by atoms with van der Waals surface area (Å²) in [6, 6.07) is 0. The molecule has 0 atom stereocenters. The van der Waals surface area contributed by atoms with Crippen LogP contribution in [0.2, 0.25) is 0 Å². The molecular weight excluding hydrogens is 255 g/mol. The highest BCUT2D eigenvalue weighted by Gasteiger charge is 2.04. The van der Waals surface area contributed by atoms with Crippen molar-refractivity contribution >= 4 is 29.3 Å². The molecule has 16 heavy (non-hydrogen) atoms. The molecule has 0 aromatic carbocycles. The van der Waals surface area contributed by atoms with E-state index in [0.29, 0.717) is 0 Å². The highest BCUT2D eigenvalue weighted by molar-refractivity contribution is 8.86. The summed E-state index contributed by atoms with van der Waals surface area (Å²) in [5.41, 5.74) is 0. The summed E-state index contributed by atoms with van der Waals surface area (Å²) in [6.07, 6.45) is 10.5. The maximum absolute atomic E-state index is 9.75. The van der Waals surface area contributed by atoms with E-state index in [2.05, 4.69) is 13.8 Å². The first-order chi connectivity index (χ1) is 7.81. The fourth-order valence-electron chi connectivity index (χ4n) is 1.38. The van der Waals surface area contributed by atoms with Crippen LogP contribution in [0, 0.1) is 0 Å². The molecule has 0 rings (SSSR count). The molecule has 0 fully saturated rings. The molecule has 0 amide bonds. The van der Waals surface area contributed by atoms with E-state index >= 15 is 0 Å².